The zero-order chi connectivity index (χ0) is 12.7. The molecule has 2 nitrogen and oxygen atoms in total. The summed E-state index contributed by atoms with van der Waals surface area (Å²) in [5.74, 6) is 0. The van der Waals surface area contributed by atoms with Crippen LogP contribution < -0.4 is 10.6 Å². The van der Waals surface area contributed by atoms with E-state index in [1.807, 2.05) is 0 Å². The third-order valence-corrected chi connectivity index (χ3v) is 2.67. The molecule has 0 spiro atoms. The van der Waals surface area contributed by atoms with Crippen molar-refractivity contribution in [1.29, 1.82) is 0 Å². The summed E-state index contributed by atoms with van der Waals surface area (Å²) >= 11 is 0. The van der Waals surface area contributed by atoms with Gasteiger partial charge in [-0.25, -0.2) is 0 Å². The fourth-order valence-corrected chi connectivity index (χ4v) is 1.71. The fourth-order valence-electron chi connectivity index (χ4n) is 1.71. The number of unbranched alkanes of at least 4 members (excludes halogenated alkanes) is 3. The van der Waals surface area contributed by atoms with Crippen molar-refractivity contribution in [2.45, 2.75) is 78.3 Å². The van der Waals surface area contributed by atoms with Gasteiger partial charge in [0, 0.05) is 0 Å². The molecule has 0 aromatic rings. The first-order valence-corrected chi connectivity index (χ1v) is 6.89. The zero-order valence-corrected chi connectivity index (χ0v) is 12.4. The normalized spacial score (nSPS) is 13.1. The molecule has 0 aliphatic heterocycles. The van der Waals surface area contributed by atoms with Crippen molar-refractivity contribution in [3.63, 3.8) is 0 Å². The van der Waals surface area contributed by atoms with E-state index in [1.165, 1.54) is 38.8 Å². The SMILES string of the molecule is CC(C)(C)[NH2+]CCCCCC[NH2+]C(C)(C)C. The molecule has 4 N–H and O–H groups in total. The van der Waals surface area contributed by atoms with E-state index in [0.29, 0.717) is 11.1 Å². The summed E-state index contributed by atoms with van der Waals surface area (Å²) in [7, 11) is 0. The Hall–Kier alpha value is -0.0800. The van der Waals surface area contributed by atoms with Crippen molar-refractivity contribution >= 4 is 0 Å². The van der Waals surface area contributed by atoms with Crippen LogP contribution in [0.2, 0.25) is 0 Å². The Bertz CT molecular complexity index is 143. The Labute approximate surface area is 103 Å². The Morgan fingerprint density at radius 2 is 0.875 bits per heavy atom. The van der Waals surface area contributed by atoms with E-state index in [4.69, 9.17) is 0 Å². The van der Waals surface area contributed by atoms with Crippen LogP contribution in [-0.4, -0.2) is 24.2 Å². The lowest BCUT2D eigenvalue weighted by Crippen LogP contribution is -2.94. The van der Waals surface area contributed by atoms with Gasteiger partial charge in [-0.1, -0.05) is 0 Å². The predicted molar refractivity (Wildman–Crippen MR) is 71.6 cm³/mol. The van der Waals surface area contributed by atoms with Crippen molar-refractivity contribution in [1.82, 2.24) is 0 Å². The standard InChI is InChI=1S/C14H32N2/c1-13(2,3)15-11-9-7-8-10-12-16-14(4,5)6/h15-16H,7-12H2,1-6H3/p+2. The van der Waals surface area contributed by atoms with Crippen molar-refractivity contribution in [3.05, 3.63) is 0 Å². The lowest BCUT2D eigenvalue weighted by molar-refractivity contribution is -0.718. The highest BCUT2D eigenvalue weighted by Gasteiger charge is 2.12. The average molecular weight is 230 g/mol. The first kappa shape index (κ1) is 15.9. The molecular weight excluding hydrogens is 196 g/mol. The molecule has 0 aliphatic carbocycles. The summed E-state index contributed by atoms with van der Waals surface area (Å²) in [6.07, 6.45) is 5.52. The van der Waals surface area contributed by atoms with Gasteiger partial charge in [-0.15, -0.1) is 0 Å². The molecule has 98 valence electrons. The van der Waals surface area contributed by atoms with Gasteiger partial charge < -0.3 is 10.6 Å². The maximum atomic E-state index is 2.45. The largest absolute Gasteiger partial charge is 0.342 e. The fraction of sp³-hybridized carbons (Fsp3) is 1.00. The summed E-state index contributed by atoms with van der Waals surface area (Å²) in [6.45, 7) is 16.3. The van der Waals surface area contributed by atoms with Crippen molar-refractivity contribution in [2.24, 2.45) is 0 Å². The van der Waals surface area contributed by atoms with Crippen LogP contribution in [0.15, 0.2) is 0 Å². The summed E-state index contributed by atoms with van der Waals surface area (Å²) in [5, 5.41) is 4.91. The number of rotatable bonds is 7. The number of hydrogen-bond acceptors (Lipinski definition) is 0. The Balaban J connectivity index is 3.17. The van der Waals surface area contributed by atoms with E-state index >= 15 is 0 Å². The highest BCUT2D eigenvalue weighted by atomic mass is 14.9. The highest BCUT2D eigenvalue weighted by Crippen LogP contribution is 1.97. The van der Waals surface area contributed by atoms with Gasteiger partial charge in [-0.3, -0.25) is 0 Å². The van der Waals surface area contributed by atoms with Gasteiger partial charge in [0.05, 0.1) is 24.2 Å². The molecular formula is C14H34N2+2. The average Bonchev–Trinajstić information content (AvgIpc) is 2.06. The van der Waals surface area contributed by atoms with Crippen LogP contribution in [0.3, 0.4) is 0 Å². The Morgan fingerprint density at radius 3 is 1.12 bits per heavy atom. The van der Waals surface area contributed by atoms with Gasteiger partial charge >= 0.3 is 0 Å². The summed E-state index contributed by atoms with van der Waals surface area (Å²) in [6, 6.07) is 0. The van der Waals surface area contributed by atoms with Crippen LogP contribution in [0, 0.1) is 0 Å². The second-order valence-corrected chi connectivity index (χ2v) is 7.13. The molecule has 0 rings (SSSR count). The monoisotopic (exact) mass is 230 g/mol. The van der Waals surface area contributed by atoms with Gasteiger partial charge in [-0.05, 0) is 67.2 Å². The zero-order valence-electron chi connectivity index (χ0n) is 12.4. The first-order chi connectivity index (χ1) is 7.21. The molecule has 0 aromatic carbocycles. The predicted octanol–water partition coefficient (Wildman–Crippen LogP) is 1.27. The van der Waals surface area contributed by atoms with Gasteiger partial charge in [-0.2, -0.15) is 0 Å². The quantitative estimate of drug-likeness (QED) is 0.618. The summed E-state index contributed by atoms with van der Waals surface area (Å²) < 4.78 is 0. The molecule has 0 saturated carbocycles. The van der Waals surface area contributed by atoms with E-state index < -0.39 is 0 Å². The van der Waals surface area contributed by atoms with Gasteiger partial charge in [0.25, 0.3) is 0 Å². The van der Waals surface area contributed by atoms with Crippen LogP contribution in [0.25, 0.3) is 0 Å². The minimum Gasteiger partial charge on any atom is -0.342 e. The number of hydrogen-bond donors (Lipinski definition) is 2. The second-order valence-electron chi connectivity index (χ2n) is 7.13. The molecule has 0 radical (unpaired) electrons. The van der Waals surface area contributed by atoms with E-state index in [9.17, 15) is 0 Å². The van der Waals surface area contributed by atoms with Crippen LogP contribution >= 0.6 is 0 Å². The van der Waals surface area contributed by atoms with Crippen molar-refractivity contribution in [3.8, 4) is 0 Å². The maximum absolute atomic E-state index is 2.45. The molecule has 0 amide bonds. The molecule has 0 unspecified atom stereocenters. The minimum atomic E-state index is 0.403. The van der Waals surface area contributed by atoms with Crippen LogP contribution in [0.5, 0.6) is 0 Å². The van der Waals surface area contributed by atoms with E-state index in [0.717, 1.165) is 0 Å². The topological polar surface area (TPSA) is 33.2 Å². The molecule has 0 atom stereocenters. The van der Waals surface area contributed by atoms with Crippen molar-refractivity contribution < 1.29 is 10.6 Å². The molecule has 16 heavy (non-hydrogen) atoms. The van der Waals surface area contributed by atoms with Gasteiger partial charge in [0.1, 0.15) is 0 Å². The Kier molecular flexibility index (Phi) is 7.25. The highest BCUT2D eigenvalue weighted by molar-refractivity contribution is 4.53. The molecule has 0 saturated heterocycles. The lowest BCUT2D eigenvalue weighted by Gasteiger charge is -2.17. The smallest absolute Gasteiger partial charge is 0.0876 e. The summed E-state index contributed by atoms with van der Waals surface area (Å²) in [5.41, 5.74) is 0.806. The summed E-state index contributed by atoms with van der Waals surface area (Å²) in [4.78, 5) is 0. The molecule has 0 bridgehead atoms. The molecule has 0 fully saturated rings. The van der Waals surface area contributed by atoms with Crippen LogP contribution in [0.4, 0.5) is 0 Å². The number of quaternary nitrogens is 2. The van der Waals surface area contributed by atoms with Crippen LogP contribution in [0.1, 0.15) is 67.2 Å². The molecule has 0 aromatic heterocycles. The maximum Gasteiger partial charge on any atom is 0.0876 e. The van der Waals surface area contributed by atoms with Crippen LogP contribution in [-0.2, 0) is 0 Å². The van der Waals surface area contributed by atoms with Crippen molar-refractivity contribution in [2.75, 3.05) is 13.1 Å². The first-order valence-electron chi connectivity index (χ1n) is 6.89. The van der Waals surface area contributed by atoms with Gasteiger partial charge in [0.2, 0.25) is 0 Å². The minimum absolute atomic E-state index is 0.403. The third kappa shape index (κ3) is 13.9. The molecule has 0 heterocycles. The van der Waals surface area contributed by atoms with Gasteiger partial charge in [0.15, 0.2) is 0 Å². The Morgan fingerprint density at radius 1 is 0.562 bits per heavy atom. The molecule has 2 heteroatoms. The second kappa shape index (κ2) is 7.29. The van der Waals surface area contributed by atoms with E-state index in [2.05, 4.69) is 52.2 Å². The third-order valence-electron chi connectivity index (χ3n) is 2.67. The lowest BCUT2D eigenvalue weighted by atomic mass is 10.1. The number of nitrogens with two attached hydrogens (primary N) is 2. The van der Waals surface area contributed by atoms with E-state index in [1.54, 1.807) is 0 Å². The molecule has 0 aliphatic rings. The van der Waals surface area contributed by atoms with E-state index in [-0.39, 0.29) is 0 Å².